The predicted molar refractivity (Wildman–Crippen MR) is 117 cm³/mol. The van der Waals surface area contributed by atoms with E-state index in [0.717, 1.165) is 6.67 Å². The Morgan fingerprint density at radius 1 is 0.360 bits per heavy atom. The Morgan fingerprint density at radius 2 is 0.640 bits per heavy atom. The molecule has 0 radical (unpaired) electrons. The molecule has 5 nitrogen and oxygen atoms in total. The van der Waals surface area contributed by atoms with E-state index in [-0.39, 0.29) is 22.3 Å². The number of rotatable bonds is 0. The lowest BCUT2D eigenvalue weighted by Gasteiger charge is -2.29. The Hall–Kier alpha value is -0.200. The molecular formula is C20H51N5. The molecule has 3 aliphatic heterocycles. The monoisotopic (exact) mass is 361 g/mol. The summed E-state index contributed by atoms with van der Waals surface area (Å²) in [4.78, 5) is 11.8. The molecule has 25 heavy (non-hydrogen) atoms. The van der Waals surface area contributed by atoms with Crippen LogP contribution < -0.4 is 0 Å². The van der Waals surface area contributed by atoms with Gasteiger partial charge in [-0.1, -0.05) is 22.3 Å². The second-order valence-corrected chi connectivity index (χ2v) is 7.27. The van der Waals surface area contributed by atoms with Gasteiger partial charge >= 0.3 is 0 Å². The molecular weight excluding hydrogens is 310 g/mol. The minimum atomic E-state index is 0. The van der Waals surface area contributed by atoms with E-state index in [4.69, 9.17) is 0 Å². The molecule has 0 atom stereocenters. The molecule has 3 heterocycles. The summed E-state index contributed by atoms with van der Waals surface area (Å²) in [7, 11) is 10.8. The lowest BCUT2D eigenvalue weighted by molar-refractivity contribution is 0.133. The van der Waals surface area contributed by atoms with Gasteiger partial charge in [0.25, 0.3) is 0 Å². The lowest BCUT2D eigenvalue weighted by atomic mass is 10.3. The zero-order valence-corrected chi connectivity index (χ0v) is 15.7. The molecule has 3 saturated heterocycles. The van der Waals surface area contributed by atoms with E-state index in [1.807, 2.05) is 0 Å². The van der Waals surface area contributed by atoms with Crippen molar-refractivity contribution in [2.24, 2.45) is 0 Å². The summed E-state index contributed by atoms with van der Waals surface area (Å²) >= 11 is 0. The van der Waals surface area contributed by atoms with Gasteiger partial charge in [-0.3, -0.25) is 9.80 Å². The summed E-state index contributed by atoms with van der Waals surface area (Å²) in [6.45, 7) is 11.2. The number of hydrogen-bond donors (Lipinski definition) is 0. The number of piperazine rings is 1. The summed E-state index contributed by atoms with van der Waals surface area (Å²) in [6.07, 6.45) is 4.15. The summed E-state index contributed by atoms with van der Waals surface area (Å²) in [5, 5.41) is 0. The summed E-state index contributed by atoms with van der Waals surface area (Å²) in [5.41, 5.74) is 0. The van der Waals surface area contributed by atoms with Gasteiger partial charge in [0.05, 0.1) is 6.67 Å². The first-order valence-electron chi connectivity index (χ1n) is 8.90. The average molecular weight is 362 g/mol. The molecule has 156 valence electrons. The molecule has 0 aromatic heterocycles. The molecule has 0 amide bonds. The van der Waals surface area contributed by atoms with E-state index < -0.39 is 0 Å². The van der Waals surface area contributed by atoms with Crippen molar-refractivity contribution >= 4 is 0 Å². The van der Waals surface area contributed by atoms with E-state index in [9.17, 15) is 0 Å². The molecule has 3 rings (SSSR count). The third-order valence-electron chi connectivity index (χ3n) is 4.62. The Balaban J connectivity index is -0.000000277. The molecule has 3 fully saturated rings. The highest BCUT2D eigenvalue weighted by atomic mass is 15.3. The van der Waals surface area contributed by atoms with Crippen molar-refractivity contribution in [2.45, 2.75) is 41.5 Å². The third-order valence-corrected chi connectivity index (χ3v) is 4.62. The first-order chi connectivity index (χ1) is 10.5. The smallest absolute Gasteiger partial charge is 0.0500 e. The fraction of sp³-hybridized carbons (Fsp3) is 1.00. The summed E-state index contributed by atoms with van der Waals surface area (Å²) < 4.78 is 0. The highest BCUT2D eigenvalue weighted by molar-refractivity contribution is 4.64. The topological polar surface area (TPSA) is 16.2 Å². The van der Waals surface area contributed by atoms with Gasteiger partial charge in [0, 0.05) is 39.3 Å². The van der Waals surface area contributed by atoms with Gasteiger partial charge in [0.15, 0.2) is 0 Å². The van der Waals surface area contributed by atoms with Gasteiger partial charge in [0.1, 0.15) is 0 Å². The van der Waals surface area contributed by atoms with Crippen LogP contribution in [-0.4, -0.2) is 119 Å². The van der Waals surface area contributed by atoms with Gasteiger partial charge in [-0.05, 0) is 67.6 Å². The zero-order chi connectivity index (χ0) is 16.4. The van der Waals surface area contributed by atoms with Gasteiger partial charge < -0.3 is 14.7 Å². The first kappa shape index (κ1) is 29.6. The van der Waals surface area contributed by atoms with Crippen LogP contribution in [0.3, 0.4) is 0 Å². The van der Waals surface area contributed by atoms with E-state index in [2.05, 4.69) is 59.7 Å². The van der Waals surface area contributed by atoms with Crippen LogP contribution in [0.4, 0.5) is 0 Å². The molecule has 0 aromatic carbocycles. The van der Waals surface area contributed by atoms with Crippen LogP contribution in [0.15, 0.2) is 0 Å². The molecule has 0 aliphatic carbocycles. The molecule has 0 bridgehead atoms. The van der Waals surface area contributed by atoms with E-state index in [1.54, 1.807) is 0 Å². The van der Waals surface area contributed by atoms with Crippen LogP contribution in [0, 0.1) is 0 Å². The highest BCUT2D eigenvalue weighted by Gasteiger charge is 2.08. The maximum Gasteiger partial charge on any atom is 0.0500 e. The molecule has 0 saturated carbocycles. The average Bonchev–Trinajstić information content (AvgIpc) is 2.94. The quantitative estimate of drug-likeness (QED) is 0.657. The number of likely N-dealkylation sites (N-methyl/N-ethyl adjacent to an activating group) is 2. The SMILES string of the molecule is C.C.C.CN1CCCC1.CN1CCCN(C)C1.CN1CCN(C)CC1. The summed E-state index contributed by atoms with van der Waals surface area (Å²) in [5.74, 6) is 0. The lowest BCUT2D eigenvalue weighted by Crippen LogP contribution is -2.42. The molecule has 0 aromatic rings. The zero-order valence-electron chi connectivity index (χ0n) is 15.7. The maximum atomic E-state index is 2.36. The van der Waals surface area contributed by atoms with Crippen LogP contribution in [0.1, 0.15) is 41.5 Å². The van der Waals surface area contributed by atoms with Crippen molar-refractivity contribution in [3.8, 4) is 0 Å². The normalized spacial score (nSPS) is 22.9. The first-order valence-corrected chi connectivity index (χ1v) is 8.90. The fourth-order valence-electron chi connectivity index (χ4n) is 2.95. The molecule has 0 unspecified atom stereocenters. The largest absolute Gasteiger partial charge is 0.306 e. The van der Waals surface area contributed by atoms with Crippen molar-refractivity contribution < 1.29 is 0 Å². The standard InChI is InChI=1S/2C6H14N2.C5H11N.3CH4/c1-7-3-5-8(2)6-4-7;1-7-4-3-5-8(2)6-7;1-6-4-2-3-5-6;;;/h2*3-6H2,1-2H3;2-5H2,1H3;3*1H4. The van der Waals surface area contributed by atoms with E-state index in [0.29, 0.717) is 0 Å². The van der Waals surface area contributed by atoms with Crippen molar-refractivity contribution in [2.75, 3.05) is 94.3 Å². The van der Waals surface area contributed by atoms with Gasteiger partial charge in [-0.2, -0.15) is 0 Å². The van der Waals surface area contributed by atoms with Crippen LogP contribution in [0.25, 0.3) is 0 Å². The van der Waals surface area contributed by atoms with Crippen LogP contribution >= 0.6 is 0 Å². The molecule has 0 N–H and O–H groups in total. The van der Waals surface area contributed by atoms with Crippen LogP contribution in [-0.2, 0) is 0 Å². The minimum Gasteiger partial charge on any atom is -0.306 e. The van der Waals surface area contributed by atoms with Gasteiger partial charge in [0.2, 0.25) is 0 Å². The maximum absolute atomic E-state index is 2.36. The second-order valence-electron chi connectivity index (χ2n) is 7.27. The summed E-state index contributed by atoms with van der Waals surface area (Å²) in [6, 6.07) is 0. The Kier molecular flexibility index (Phi) is 20.4. The Morgan fingerprint density at radius 3 is 0.840 bits per heavy atom. The van der Waals surface area contributed by atoms with Crippen molar-refractivity contribution in [3.05, 3.63) is 0 Å². The van der Waals surface area contributed by atoms with E-state index in [1.165, 1.54) is 71.6 Å². The van der Waals surface area contributed by atoms with E-state index >= 15 is 0 Å². The molecule has 0 spiro atoms. The van der Waals surface area contributed by atoms with Crippen molar-refractivity contribution in [1.29, 1.82) is 0 Å². The van der Waals surface area contributed by atoms with Crippen LogP contribution in [0.2, 0.25) is 0 Å². The van der Waals surface area contributed by atoms with Crippen molar-refractivity contribution in [3.63, 3.8) is 0 Å². The minimum absolute atomic E-state index is 0. The molecule has 3 aliphatic rings. The Bertz CT molecular complexity index is 243. The third kappa shape index (κ3) is 15.7. The predicted octanol–water partition coefficient (Wildman–Crippen LogP) is 2.70. The highest BCUT2D eigenvalue weighted by Crippen LogP contribution is 2.02. The molecule has 5 heteroatoms. The van der Waals surface area contributed by atoms with Crippen LogP contribution in [0.5, 0.6) is 0 Å². The second kappa shape index (κ2) is 17.2. The number of hydrogen-bond acceptors (Lipinski definition) is 5. The van der Waals surface area contributed by atoms with Gasteiger partial charge in [-0.15, -0.1) is 0 Å². The number of likely N-dealkylation sites (tertiary alicyclic amines) is 1. The van der Waals surface area contributed by atoms with Gasteiger partial charge in [-0.25, -0.2) is 0 Å². The van der Waals surface area contributed by atoms with Crippen molar-refractivity contribution in [1.82, 2.24) is 24.5 Å². The fourth-order valence-corrected chi connectivity index (χ4v) is 2.95. The number of nitrogens with zero attached hydrogens (tertiary/aromatic N) is 5. The Labute approximate surface area is 160 Å².